The highest BCUT2D eigenvalue weighted by Gasteiger charge is 2.18. The van der Waals surface area contributed by atoms with E-state index in [9.17, 15) is 17.6 Å². The molecule has 0 aliphatic heterocycles. The fourth-order valence-corrected chi connectivity index (χ4v) is 5.24. The van der Waals surface area contributed by atoms with E-state index in [0.29, 0.717) is 21.8 Å². The van der Waals surface area contributed by atoms with E-state index < -0.39 is 10.0 Å². The van der Waals surface area contributed by atoms with Gasteiger partial charge in [-0.25, -0.2) is 22.1 Å². The van der Waals surface area contributed by atoms with Gasteiger partial charge >= 0.3 is 0 Å². The van der Waals surface area contributed by atoms with Gasteiger partial charge in [0.05, 0.1) is 22.3 Å². The van der Waals surface area contributed by atoms with E-state index in [1.807, 2.05) is 12.1 Å². The lowest BCUT2D eigenvalue weighted by molar-refractivity contribution is 0.520. The summed E-state index contributed by atoms with van der Waals surface area (Å²) in [5.41, 5.74) is 1.97. The van der Waals surface area contributed by atoms with E-state index in [1.165, 1.54) is 42.3 Å². The molecule has 0 N–H and O–H groups in total. The number of para-hydroxylation sites is 1. The molecule has 1 heterocycles. The number of hydrogen-bond donors (Lipinski definition) is 0. The van der Waals surface area contributed by atoms with Gasteiger partial charge < -0.3 is 0 Å². The Morgan fingerprint density at radius 3 is 2.42 bits per heavy atom. The Labute approximate surface area is 195 Å². The summed E-state index contributed by atoms with van der Waals surface area (Å²) >= 11 is 1.35. The third kappa shape index (κ3) is 5.00. The number of thioether (sulfide) groups is 1. The molecule has 0 saturated carbocycles. The lowest BCUT2D eigenvalue weighted by Gasteiger charge is -2.14. The van der Waals surface area contributed by atoms with E-state index in [1.54, 1.807) is 53.1 Å². The summed E-state index contributed by atoms with van der Waals surface area (Å²) < 4.78 is 41.0. The van der Waals surface area contributed by atoms with Crippen molar-refractivity contribution in [1.29, 1.82) is 0 Å². The van der Waals surface area contributed by atoms with Crippen LogP contribution in [0.25, 0.3) is 10.9 Å². The molecule has 0 saturated heterocycles. The van der Waals surface area contributed by atoms with Crippen LogP contribution < -0.4 is 5.56 Å². The second-order valence-corrected chi connectivity index (χ2v) is 10.7. The van der Waals surface area contributed by atoms with E-state index in [4.69, 9.17) is 0 Å². The van der Waals surface area contributed by atoms with Gasteiger partial charge in [-0.15, -0.1) is 0 Å². The Balaban J connectivity index is 1.70. The number of benzene rings is 3. The highest BCUT2D eigenvalue weighted by molar-refractivity contribution is 7.98. The molecule has 0 fully saturated rings. The summed E-state index contributed by atoms with van der Waals surface area (Å²) in [5.74, 6) is 0.0789. The number of rotatable bonds is 7. The lowest BCUT2D eigenvalue weighted by Crippen LogP contribution is -2.24. The van der Waals surface area contributed by atoms with Crippen LogP contribution in [-0.4, -0.2) is 36.4 Å². The zero-order chi connectivity index (χ0) is 23.6. The highest BCUT2D eigenvalue weighted by Crippen LogP contribution is 2.25. The van der Waals surface area contributed by atoms with Gasteiger partial charge in [0, 0.05) is 19.8 Å². The molecule has 0 aliphatic carbocycles. The number of sulfonamides is 1. The normalized spacial score (nSPS) is 11.9. The first-order chi connectivity index (χ1) is 15.8. The first kappa shape index (κ1) is 23.2. The van der Waals surface area contributed by atoms with E-state index in [2.05, 4.69) is 4.98 Å². The van der Waals surface area contributed by atoms with Crippen LogP contribution in [0.1, 0.15) is 11.1 Å². The molecule has 0 bridgehead atoms. The van der Waals surface area contributed by atoms with Crippen molar-refractivity contribution in [2.45, 2.75) is 22.3 Å². The molecule has 9 heteroatoms. The maximum Gasteiger partial charge on any atom is 0.262 e. The lowest BCUT2D eigenvalue weighted by atomic mass is 10.2. The van der Waals surface area contributed by atoms with Crippen LogP contribution in [0.3, 0.4) is 0 Å². The molecule has 33 heavy (non-hydrogen) atoms. The number of hydrogen-bond acceptors (Lipinski definition) is 5. The van der Waals surface area contributed by atoms with Crippen LogP contribution in [0.4, 0.5) is 4.39 Å². The first-order valence-corrected chi connectivity index (χ1v) is 12.6. The predicted molar refractivity (Wildman–Crippen MR) is 128 cm³/mol. The zero-order valence-corrected chi connectivity index (χ0v) is 19.7. The number of nitrogens with zero attached hydrogens (tertiary/aromatic N) is 3. The summed E-state index contributed by atoms with van der Waals surface area (Å²) in [7, 11) is -0.568. The molecule has 0 atom stereocenters. The molecule has 3 aromatic carbocycles. The third-order valence-electron chi connectivity index (χ3n) is 5.13. The van der Waals surface area contributed by atoms with Crippen LogP contribution in [-0.2, 0) is 22.3 Å². The van der Waals surface area contributed by atoms with Gasteiger partial charge in [-0.3, -0.25) is 9.36 Å². The number of aromatic nitrogens is 2. The summed E-state index contributed by atoms with van der Waals surface area (Å²) in [6.07, 6.45) is 0. The number of fused-ring (bicyclic) bond motifs is 1. The third-order valence-corrected chi connectivity index (χ3v) is 7.98. The number of halogens is 1. The second-order valence-electron chi connectivity index (χ2n) is 7.65. The minimum absolute atomic E-state index is 0.184. The fraction of sp³-hybridized carbons (Fsp3) is 0.167. The predicted octanol–water partition coefficient (Wildman–Crippen LogP) is 4.13. The Bertz CT molecular complexity index is 1470. The Hall–Kier alpha value is -3.01. The molecular weight excluding hydrogens is 461 g/mol. The molecule has 1 aromatic heterocycles. The van der Waals surface area contributed by atoms with Gasteiger partial charge in [-0.05, 0) is 47.5 Å². The first-order valence-electron chi connectivity index (χ1n) is 10.1. The van der Waals surface area contributed by atoms with Crippen LogP contribution in [0, 0.1) is 5.82 Å². The van der Waals surface area contributed by atoms with Gasteiger partial charge in [0.25, 0.3) is 5.56 Å². The van der Waals surface area contributed by atoms with Gasteiger partial charge in [0.1, 0.15) is 5.82 Å². The van der Waals surface area contributed by atoms with Gasteiger partial charge in [0.2, 0.25) is 10.0 Å². The molecule has 4 rings (SSSR count). The van der Waals surface area contributed by atoms with Crippen molar-refractivity contribution in [1.82, 2.24) is 13.9 Å². The SMILES string of the molecule is CN(C)S(=O)(=O)c1cccc(CSc2nc3ccccc3c(=O)n2Cc2ccc(F)cc2)c1. The summed E-state index contributed by atoms with van der Waals surface area (Å²) in [6, 6.07) is 19.9. The van der Waals surface area contributed by atoms with Crippen LogP contribution >= 0.6 is 11.8 Å². The minimum atomic E-state index is -3.55. The molecule has 0 aliphatic rings. The van der Waals surface area contributed by atoms with Crippen molar-refractivity contribution in [2.75, 3.05) is 14.1 Å². The van der Waals surface area contributed by atoms with Crippen molar-refractivity contribution < 1.29 is 12.8 Å². The van der Waals surface area contributed by atoms with Gasteiger partial charge in [-0.2, -0.15) is 0 Å². The minimum Gasteiger partial charge on any atom is -0.283 e. The van der Waals surface area contributed by atoms with Crippen molar-refractivity contribution >= 4 is 32.7 Å². The summed E-state index contributed by atoms with van der Waals surface area (Å²) in [4.78, 5) is 18.1. The van der Waals surface area contributed by atoms with Gasteiger partial charge in [0.15, 0.2) is 5.16 Å². The monoisotopic (exact) mass is 483 g/mol. The molecule has 4 aromatic rings. The topological polar surface area (TPSA) is 72.3 Å². The average molecular weight is 484 g/mol. The van der Waals surface area contributed by atoms with Crippen molar-refractivity contribution in [3.8, 4) is 0 Å². The quantitative estimate of drug-likeness (QED) is 0.292. The Morgan fingerprint density at radius 1 is 0.970 bits per heavy atom. The van der Waals surface area contributed by atoms with E-state index in [0.717, 1.165) is 11.1 Å². The largest absolute Gasteiger partial charge is 0.283 e. The second kappa shape index (κ2) is 9.46. The van der Waals surface area contributed by atoms with Crippen LogP contribution in [0.15, 0.2) is 87.6 Å². The zero-order valence-electron chi connectivity index (χ0n) is 18.1. The molecule has 170 valence electrons. The molecule has 0 amide bonds. The average Bonchev–Trinajstić information content (AvgIpc) is 2.81. The summed E-state index contributed by atoms with van der Waals surface area (Å²) in [5, 5.41) is 1.01. The molecule has 0 unspecified atom stereocenters. The maximum absolute atomic E-state index is 13.3. The Kier molecular flexibility index (Phi) is 6.64. The molecule has 0 spiro atoms. The molecule has 0 radical (unpaired) electrons. The van der Waals surface area contributed by atoms with Gasteiger partial charge in [-0.1, -0.05) is 48.2 Å². The molecular formula is C24H22FN3O3S2. The standard InChI is InChI=1S/C24H22FN3O3S2/c1-27(2)33(30,31)20-7-5-6-18(14-20)16-32-24-26-22-9-4-3-8-21(22)23(29)28(24)15-17-10-12-19(25)13-11-17/h3-14H,15-16H2,1-2H3. The van der Waals surface area contributed by atoms with E-state index >= 15 is 0 Å². The fourth-order valence-electron chi connectivity index (χ4n) is 3.32. The molecule has 6 nitrogen and oxygen atoms in total. The van der Waals surface area contributed by atoms with E-state index in [-0.39, 0.29) is 22.8 Å². The van der Waals surface area contributed by atoms with Crippen LogP contribution in [0.2, 0.25) is 0 Å². The highest BCUT2D eigenvalue weighted by atomic mass is 32.2. The smallest absolute Gasteiger partial charge is 0.262 e. The maximum atomic E-state index is 13.3. The van der Waals surface area contributed by atoms with Crippen molar-refractivity contribution in [3.63, 3.8) is 0 Å². The Morgan fingerprint density at radius 2 is 1.70 bits per heavy atom. The van der Waals surface area contributed by atoms with Crippen molar-refractivity contribution in [3.05, 3.63) is 100 Å². The van der Waals surface area contributed by atoms with Crippen molar-refractivity contribution in [2.24, 2.45) is 0 Å². The van der Waals surface area contributed by atoms with Crippen LogP contribution in [0.5, 0.6) is 0 Å². The summed E-state index contributed by atoms with van der Waals surface area (Å²) in [6.45, 7) is 0.244.